The number of anilines is 1. The molecule has 2 aromatic rings. The molecule has 2 rings (SSSR count). The Bertz CT molecular complexity index is 1160. The van der Waals surface area contributed by atoms with Crippen molar-refractivity contribution in [1.29, 1.82) is 0 Å². The van der Waals surface area contributed by atoms with Crippen LogP contribution in [0.4, 0.5) is 10.1 Å². The summed E-state index contributed by atoms with van der Waals surface area (Å²) in [4.78, 5) is 27.9. The number of para-hydroxylation sites is 1. The third-order valence-electron chi connectivity index (χ3n) is 5.32. The van der Waals surface area contributed by atoms with Crippen LogP contribution in [-0.4, -0.2) is 68.8 Å². The SMILES string of the molecule is COc1ccc(CN(C(=O)CN(c2ccccc2F)S(=O)(=O)N(C)C)[C@H](C)C(=O)NC(C)(C)C)cc1. The van der Waals surface area contributed by atoms with E-state index < -0.39 is 46.0 Å². The van der Waals surface area contributed by atoms with Gasteiger partial charge in [-0.1, -0.05) is 24.3 Å². The summed E-state index contributed by atoms with van der Waals surface area (Å²) in [7, 11) is -0.116. The highest BCUT2D eigenvalue weighted by Gasteiger charge is 2.34. The molecule has 2 aromatic carbocycles. The molecular formula is C25H35FN4O5S. The number of benzene rings is 2. The van der Waals surface area contributed by atoms with E-state index >= 15 is 0 Å². The van der Waals surface area contributed by atoms with Crippen LogP contribution in [0.2, 0.25) is 0 Å². The van der Waals surface area contributed by atoms with Gasteiger partial charge in [0, 0.05) is 26.2 Å². The molecule has 2 amide bonds. The molecular weight excluding hydrogens is 487 g/mol. The smallest absolute Gasteiger partial charge is 0.304 e. The third-order valence-corrected chi connectivity index (χ3v) is 7.12. The predicted molar refractivity (Wildman–Crippen MR) is 137 cm³/mol. The summed E-state index contributed by atoms with van der Waals surface area (Å²) >= 11 is 0. The van der Waals surface area contributed by atoms with E-state index in [-0.39, 0.29) is 12.2 Å². The highest BCUT2D eigenvalue weighted by atomic mass is 32.2. The van der Waals surface area contributed by atoms with E-state index in [0.29, 0.717) is 15.6 Å². The van der Waals surface area contributed by atoms with Crippen molar-refractivity contribution in [1.82, 2.24) is 14.5 Å². The molecule has 0 spiro atoms. The second-order valence-corrected chi connectivity index (χ2v) is 11.6. The molecule has 0 aliphatic rings. The van der Waals surface area contributed by atoms with Gasteiger partial charge in [0.1, 0.15) is 24.2 Å². The van der Waals surface area contributed by atoms with Gasteiger partial charge in [0.2, 0.25) is 11.8 Å². The minimum absolute atomic E-state index is 0.0225. The fraction of sp³-hybridized carbons (Fsp3) is 0.440. The molecule has 0 aliphatic heterocycles. The Morgan fingerprint density at radius 3 is 2.14 bits per heavy atom. The molecule has 11 heteroatoms. The zero-order valence-electron chi connectivity index (χ0n) is 21.8. The molecule has 1 N–H and O–H groups in total. The summed E-state index contributed by atoms with van der Waals surface area (Å²) < 4.78 is 47.6. The number of methoxy groups -OCH3 is 1. The molecule has 0 radical (unpaired) electrons. The largest absolute Gasteiger partial charge is 0.497 e. The average Bonchev–Trinajstić information content (AvgIpc) is 2.80. The van der Waals surface area contributed by atoms with Crippen molar-refractivity contribution in [3.63, 3.8) is 0 Å². The average molecular weight is 523 g/mol. The van der Waals surface area contributed by atoms with Crippen molar-refractivity contribution < 1.29 is 27.1 Å². The lowest BCUT2D eigenvalue weighted by atomic mass is 10.1. The van der Waals surface area contributed by atoms with Crippen LogP contribution in [0, 0.1) is 5.82 Å². The van der Waals surface area contributed by atoms with Gasteiger partial charge in [0.25, 0.3) is 0 Å². The number of rotatable bonds is 10. The first kappa shape index (κ1) is 29.1. The van der Waals surface area contributed by atoms with Crippen LogP contribution in [0.1, 0.15) is 33.3 Å². The molecule has 9 nitrogen and oxygen atoms in total. The Balaban J connectivity index is 2.48. The first-order chi connectivity index (χ1) is 16.7. The monoisotopic (exact) mass is 522 g/mol. The Kier molecular flexibility index (Phi) is 9.44. The predicted octanol–water partition coefficient (Wildman–Crippen LogP) is 2.78. The van der Waals surface area contributed by atoms with Gasteiger partial charge in [0.05, 0.1) is 12.8 Å². The van der Waals surface area contributed by atoms with Crippen LogP contribution in [0.15, 0.2) is 48.5 Å². The van der Waals surface area contributed by atoms with Gasteiger partial charge >= 0.3 is 10.2 Å². The van der Waals surface area contributed by atoms with Gasteiger partial charge in [-0.05, 0) is 57.5 Å². The molecule has 0 saturated carbocycles. The first-order valence-electron chi connectivity index (χ1n) is 11.4. The van der Waals surface area contributed by atoms with Gasteiger partial charge < -0.3 is 15.0 Å². The Morgan fingerprint density at radius 2 is 1.64 bits per heavy atom. The van der Waals surface area contributed by atoms with Crippen LogP contribution in [0.5, 0.6) is 5.75 Å². The molecule has 0 fully saturated rings. The lowest BCUT2D eigenvalue weighted by molar-refractivity contribution is -0.140. The van der Waals surface area contributed by atoms with Gasteiger partial charge in [-0.2, -0.15) is 12.7 Å². The van der Waals surface area contributed by atoms with Crippen molar-refractivity contribution in [3.05, 3.63) is 59.9 Å². The van der Waals surface area contributed by atoms with Crippen LogP contribution >= 0.6 is 0 Å². The number of ether oxygens (including phenoxy) is 1. The molecule has 0 saturated heterocycles. The fourth-order valence-corrected chi connectivity index (χ4v) is 4.40. The second-order valence-electron chi connectivity index (χ2n) is 9.53. The van der Waals surface area contributed by atoms with Gasteiger partial charge in [-0.25, -0.2) is 8.70 Å². The maximum atomic E-state index is 14.7. The molecule has 0 bridgehead atoms. The maximum Gasteiger partial charge on any atom is 0.304 e. The van der Waals surface area contributed by atoms with Crippen molar-refractivity contribution in [2.75, 3.05) is 32.1 Å². The molecule has 0 heterocycles. The summed E-state index contributed by atoms with van der Waals surface area (Å²) in [6, 6.07) is 11.3. The van der Waals surface area contributed by atoms with E-state index in [1.165, 1.54) is 44.3 Å². The Morgan fingerprint density at radius 1 is 1.06 bits per heavy atom. The van der Waals surface area contributed by atoms with E-state index in [2.05, 4.69) is 5.32 Å². The lowest BCUT2D eigenvalue weighted by Crippen LogP contribution is -2.55. The van der Waals surface area contributed by atoms with Crippen LogP contribution < -0.4 is 14.4 Å². The minimum Gasteiger partial charge on any atom is -0.497 e. The van der Waals surface area contributed by atoms with E-state index in [1.807, 2.05) is 20.8 Å². The Labute approximate surface area is 213 Å². The van der Waals surface area contributed by atoms with Crippen LogP contribution in [0.25, 0.3) is 0 Å². The standard InChI is InChI=1S/C25H35FN4O5S/c1-18(24(32)27-25(2,3)4)29(16-19-12-14-20(35-7)15-13-19)23(31)17-30(36(33,34)28(5)6)22-11-9-8-10-21(22)26/h8-15,18H,16-17H2,1-7H3,(H,27,32)/t18-/m1/s1. The highest BCUT2D eigenvalue weighted by Crippen LogP contribution is 2.24. The molecule has 1 atom stereocenters. The fourth-order valence-electron chi connectivity index (χ4n) is 3.34. The quantitative estimate of drug-likeness (QED) is 0.517. The lowest BCUT2D eigenvalue weighted by Gasteiger charge is -2.34. The van der Waals surface area contributed by atoms with E-state index in [9.17, 15) is 22.4 Å². The number of nitrogens with one attached hydrogen (secondary N) is 1. The normalized spacial score (nSPS) is 12.7. The highest BCUT2D eigenvalue weighted by molar-refractivity contribution is 7.90. The first-order valence-corrected chi connectivity index (χ1v) is 12.8. The number of hydrogen-bond acceptors (Lipinski definition) is 5. The maximum absolute atomic E-state index is 14.7. The van der Waals surface area contributed by atoms with Crippen molar-refractivity contribution in [3.8, 4) is 5.75 Å². The number of carbonyl (C=O) groups excluding carboxylic acids is 2. The minimum atomic E-state index is -4.24. The van der Waals surface area contributed by atoms with Gasteiger partial charge in [-0.15, -0.1) is 0 Å². The number of halogens is 1. The topological polar surface area (TPSA) is 99.3 Å². The number of carbonyl (C=O) groups is 2. The van der Waals surface area contributed by atoms with Gasteiger partial charge in [0.15, 0.2) is 0 Å². The van der Waals surface area contributed by atoms with Crippen molar-refractivity contribution in [2.24, 2.45) is 0 Å². The Hall–Kier alpha value is -3.18. The molecule has 36 heavy (non-hydrogen) atoms. The van der Waals surface area contributed by atoms with Crippen LogP contribution in [0.3, 0.4) is 0 Å². The summed E-state index contributed by atoms with van der Waals surface area (Å²) in [5, 5.41) is 2.85. The molecule has 198 valence electrons. The third kappa shape index (κ3) is 7.41. The summed E-state index contributed by atoms with van der Waals surface area (Å²) in [6.07, 6.45) is 0. The molecule has 0 unspecified atom stereocenters. The van der Waals surface area contributed by atoms with E-state index in [0.717, 1.165) is 10.4 Å². The summed E-state index contributed by atoms with van der Waals surface area (Å²) in [6.45, 7) is 6.33. The zero-order chi connectivity index (χ0) is 27.3. The van der Waals surface area contributed by atoms with Crippen molar-refractivity contribution in [2.45, 2.75) is 45.8 Å². The van der Waals surface area contributed by atoms with Crippen LogP contribution in [-0.2, 0) is 26.3 Å². The molecule has 0 aliphatic carbocycles. The molecule has 0 aromatic heterocycles. The summed E-state index contributed by atoms with van der Waals surface area (Å²) in [5.41, 5.74) is -0.114. The number of hydrogen-bond donors (Lipinski definition) is 1. The van der Waals surface area contributed by atoms with Gasteiger partial charge in [-0.3, -0.25) is 9.59 Å². The van der Waals surface area contributed by atoms with E-state index in [4.69, 9.17) is 4.74 Å². The summed E-state index contributed by atoms with van der Waals surface area (Å²) in [5.74, 6) is -1.25. The van der Waals surface area contributed by atoms with Crippen molar-refractivity contribution >= 4 is 27.7 Å². The number of nitrogens with zero attached hydrogens (tertiary/aromatic N) is 3. The zero-order valence-corrected chi connectivity index (χ0v) is 22.6. The van der Waals surface area contributed by atoms with E-state index in [1.54, 1.807) is 31.2 Å². The second kappa shape index (κ2) is 11.7. The number of amides is 2.